The minimum Gasteiger partial charge on any atom is -0.332 e. The normalized spacial score (nSPS) is 12.3. The number of amides is 1. The van der Waals surface area contributed by atoms with Gasteiger partial charge in [0.05, 0.1) is 16.3 Å². The van der Waals surface area contributed by atoms with Crippen molar-refractivity contribution < 1.29 is 17.6 Å². The molecule has 0 radical (unpaired) electrons. The molecule has 3 aromatic rings. The van der Waals surface area contributed by atoms with Gasteiger partial charge in [0.1, 0.15) is 6.67 Å². The van der Waals surface area contributed by atoms with Gasteiger partial charge in [-0.2, -0.15) is 0 Å². The molecule has 0 aliphatic rings. The van der Waals surface area contributed by atoms with Crippen molar-refractivity contribution >= 4 is 38.5 Å². The van der Waals surface area contributed by atoms with Crippen LogP contribution in [0.15, 0.2) is 76.5 Å². The van der Waals surface area contributed by atoms with Crippen LogP contribution in [-0.4, -0.2) is 34.8 Å². The van der Waals surface area contributed by atoms with Crippen molar-refractivity contribution in [2.75, 3.05) is 5.75 Å². The van der Waals surface area contributed by atoms with Crippen LogP contribution < -0.4 is 10.5 Å². The average Bonchev–Trinajstić information content (AvgIpc) is 3.22. The zero-order chi connectivity index (χ0) is 25.6. The molecule has 11 heteroatoms. The highest BCUT2D eigenvalue weighted by atomic mass is 32.2. The number of sulfonamides is 1. The van der Waals surface area contributed by atoms with Crippen molar-refractivity contribution in [1.29, 1.82) is 0 Å². The number of thioether (sulfide) groups is 1. The number of hydrogen-bond donors (Lipinski definition) is 2. The van der Waals surface area contributed by atoms with E-state index in [9.17, 15) is 17.6 Å². The van der Waals surface area contributed by atoms with Gasteiger partial charge in [-0.3, -0.25) is 9.36 Å². The number of fused-ring (bicyclic) bond motifs is 1. The molecule has 3 N–H and O–H groups in total. The Hall–Kier alpha value is -3.28. The molecule has 0 aliphatic carbocycles. The minimum atomic E-state index is -3.89. The molecule has 0 spiro atoms. The third-order valence-electron chi connectivity index (χ3n) is 4.87. The fourth-order valence-electron chi connectivity index (χ4n) is 3.32. The number of allylic oxidation sites excluding steroid dienone is 4. The third kappa shape index (κ3) is 6.65. The summed E-state index contributed by atoms with van der Waals surface area (Å²) in [5.74, 6) is -0.232. The Bertz CT molecular complexity index is 1440. The van der Waals surface area contributed by atoms with Crippen LogP contribution >= 0.6 is 11.8 Å². The van der Waals surface area contributed by atoms with Crippen molar-refractivity contribution in [3.05, 3.63) is 82.7 Å². The predicted octanol–water partition coefficient (Wildman–Crippen LogP) is 4.06. The highest BCUT2D eigenvalue weighted by Crippen LogP contribution is 2.30. The molecule has 0 saturated heterocycles. The summed E-state index contributed by atoms with van der Waals surface area (Å²) >= 11 is 1.11. The smallest absolute Gasteiger partial charge is 0.238 e. The molecule has 3 rings (SSSR count). The van der Waals surface area contributed by atoms with Gasteiger partial charge in [-0.05, 0) is 56.0 Å². The predicted molar refractivity (Wildman–Crippen MR) is 137 cm³/mol. The number of nitrogens with two attached hydrogens (primary N) is 1. The molecule has 184 valence electrons. The molecule has 1 aromatic heterocycles. The number of hydrogen-bond acceptors (Lipinski definition) is 6. The highest BCUT2D eigenvalue weighted by molar-refractivity contribution is 7.99. The second-order valence-corrected chi connectivity index (χ2v) is 10.4. The lowest BCUT2D eigenvalue weighted by atomic mass is 10.0. The van der Waals surface area contributed by atoms with E-state index in [1.807, 2.05) is 43.3 Å². The zero-order valence-electron chi connectivity index (χ0n) is 19.5. The molecule has 0 saturated carbocycles. The van der Waals surface area contributed by atoms with E-state index in [-0.39, 0.29) is 22.4 Å². The van der Waals surface area contributed by atoms with Crippen LogP contribution in [0.1, 0.15) is 25.2 Å². The molecular formula is C24H26FN5O3S2. The Morgan fingerprint density at radius 1 is 1.17 bits per heavy atom. The number of primary sulfonamides is 1. The largest absolute Gasteiger partial charge is 0.332 e. The molecule has 35 heavy (non-hydrogen) atoms. The number of nitrogens with one attached hydrogen (secondary N) is 1. The molecular weight excluding hydrogens is 489 g/mol. The Labute approximate surface area is 207 Å². The summed E-state index contributed by atoms with van der Waals surface area (Å²) in [5.41, 5.74) is 2.58. The SMILES string of the molecule is CC(C)=C/C(=C\C=C\NC(=O)CSc1nnc(CF)n1-c1ccc(C)c2ccccc12)S(N)(=O)=O. The zero-order valence-corrected chi connectivity index (χ0v) is 21.2. The maximum Gasteiger partial charge on any atom is 0.238 e. The Balaban J connectivity index is 1.77. The molecule has 0 aliphatic heterocycles. The molecule has 2 aromatic carbocycles. The third-order valence-corrected chi connectivity index (χ3v) is 6.71. The fraction of sp³-hybridized carbons (Fsp3) is 0.208. The monoisotopic (exact) mass is 515 g/mol. The first kappa shape index (κ1) is 26.3. The second kappa shape index (κ2) is 11.4. The number of alkyl halides is 1. The van der Waals surface area contributed by atoms with E-state index >= 15 is 0 Å². The quantitative estimate of drug-likeness (QED) is 0.328. The van der Waals surface area contributed by atoms with Crippen molar-refractivity contribution in [2.45, 2.75) is 32.6 Å². The molecule has 1 heterocycles. The summed E-state index contributed by atoms with van der Waals surface area (Å²) in [6.45, 7) is 4.68. The number of aromatic nitrogens is 3. The Morgan fingerprint density at radius 3 is 2.54 bits per heavy atom. The van der Waals surface area contributed by atoms with Gasteiger partial charge in [0.2, 0.25) is 15.9 Å². The topological polar surface area (TPSA) is 120 Å². The number of carbonyl (C=O) groups excluding carboxylic acids is 1. The van der Waals surface area contributed by atoms with Crippen LogP contribution in [0.3, 0.4) is 0 Å². The Kier molecular flexibility index (Phi) is 8.60. The summed E-state index contributed by atoms with van der Waals surface area (Å²) in [5, 5.41) is 18.1. The van der Waals surface area contributed by atoms with Gasteiger partial charge in [-0.1, -0.05) is 47.7 Å². The summed E-state index contributed by atoms with van der Waals surface area (Å²) < 4.78 is 38.6. The lowest BCUT2D eigenvalue weighted by Gasteiger charge is -2.13. The molecule has 0 unspecified atom stereocenters. The van der Waals surface area contributed by atoms with E-state index < -0.39 is 16.7 Å². The van der Waals surface area contributed by atoms with Gasteiger partial charge in [0.25, 0.3) is 0 Å². The first-order chi connectivity index (χ1) is 16.6. The summed E-state index contributed by atoms with van der Waals surface area (Å²) in [7, 11) is -3.89. The van der Waals surface area contributed by atoms with Crippen LogP contribution in [0.4, 0.5) is 4.39 Å². The molecule has 8 nitrogen and oxygen atoms in total. The van der Waals surface area contributed by atoms with E-state index in [1.165, 1.54) is 24.4 Å². The molecule has 1 amide bonds. The molecule has 0 atom stereocenters. The van der Waals surface area contributed by atoms with Crippen LogP contribution in [0.5, 0.6) is 0 Å². The molecule has 0 fully saturated rings. The van der Waals surface area contributed by atoms with E-state index in [4.69, 9.17) is 5.14 Å². The number of benzene rings is 2. The van der Waals surface area contributed by atoms with Gasteiger partial charge in [0, 0.05) is 11.6 Å². The van der Waals surface area contributed by atoms with Crippen LogP contribution in [0.2, 0.25) is 0 Å². The van der Waals surface area contributed by atoms with Crippen LogP contribution in [-0.2, 0) is 21.5 Å². The standard InChI is InChI=1S/C24H26FN5O3S2/c1-16(2)13-18(35(26,32)33)7-6-12-27-23(31)15-34-24-29-28-22(14-25)30(24)21-11-10-17(3)19-8-4-5-9-20(19)21/h4-13H,14-15H2,1-3H3,(H,27,31)(H2,26,32,33)/b12-6+,18-7+. The van der Waals surface area contributed by atoms with E-state index in [2.05, 4.69) is 15.5 Å². The van der Waals surface area contributed by atoms with Crippen molar-refractivity contribution in [3.63, 3.8) is 0 Å². The summed E-state index contributed by atoms with van der Waals surface area (Å²) in [6, 6.07) is 11.6. The average molecular weight is 516 g/mol. The minimum absolute atomic E-state index is 0.0156. The summed E-state index contributed by atoms with van der Waals surface area (Å²) in [4.78, 5) is 12.3. The maximum atomic E-state index is 13.7. The van der Waals surface area contributed by atoms with Crippen molar-refractivity contribution in [2.24, 2.45) is 5.14 Å². The summed E-state index contributed by atoms with van der Waals surface area (Å²) in [6.07, 6.45) is 5.42. The highest BCUT2D eigenvalue weighted by Gasteiger charge is 2.18. The van der Waals surface area contributed by atoms with E-state index in [0.29, 0.717) is 5.16 Å². The number of halogens is 1. The van der Waals surface area contributed by atoms with E-state index in [1.54, 1.807) is 18.4 Å². The van der Waals surface area contributed by atoms with Gasteiger partial charge in [0.15, 0.2) is 11.0 Å². The van der Waals surface area contributed by atoms with Crippen molar-refractivity contribution in [1.82, 2.24) is 20.1 Å². The number of rotatable bonds is 9. The Morgan fingerprint density at radius 2 is 1.89 bits per heavy atom. The lowest BCUT2D eigenvalue weighted by Crippen LogP contribution is -2.19. The van der Waals surface area contributed by atoms with Gasteiger partial charge in [-0.25, -0.2) is 17.9 Å². The second-order valence-electron chi connectivity index (χ2n) is 7.87. The fourth-order valence-corrected chi connectivity index (χ4v) is 4.76. The first-order valence-corrected chi connectivity index (χ1v) is 13.1. The maximum absolute atomic E-state index is 13.7. The number of aryl methyl sites for hydroxylation is 1. The number of carbonyl (C=O) groups is 1. The van der Waals surface area contributed by atoms with Crippen molar-refractivity contribution in [3.8, 4) is 5.69 Å². The lowest BCUT2D eigenvalue weighted by molar-refractivity contribution is -0.117. The van der Waals surface area contributed by atoms with E-state index in [0.717, 1.165) is 39.4 Å². The van der Waals surface area contributed by atoms with Crippen LogP contribution in [0.25, 0.3) is 16.5 Å². The molecule has 0 bridgehead atoms. The number of nitrogens with zero attached hydrogens (tertiary/aromatic N) is 3. The first-order valence-electron chi connectivity index (χ1n) is 10.6. The van der Waals surface area contributed by atoms with Gasteiger partial charge < -0.3 is 5.32 Å². The van der Waals surface area contributed by atoms with Gasteiger partial charge in [-0.15, -0.1) is 10.2 Å². The van der Waals surface area contributed by atoms with Gasteiger partial charge >= 0.3 is 0 Å². The van der Waals surface area contributed by atoms with Crippen LogP contribution in [0, 0.1) is 6.92 Å².